The average molecular weight is 177 g/mol. The molecule has 2 heteroatoms. The summed E-state index contributed by atoms with van der Waals surface area (Å²) < 4.78 is 0. The minimum absolute atomic E-state index is 0.775. The Morgan fingerprint density at radius 2 is 2.23 bits per heavy atom. The predicted molar refractivity (Wildman–Crippen MR) is 53.9 cm³/mol. The molecule has 2 nitrogen and oxygen atoms in total. The molecule has 0 aromatic heterocycles. The summed E-state index contributed by atoms with van der Waals surface area (Å²) >= 11 is 0. The van der Waals surface area contributed by atoms with Gasteiger partial charge in [-0.2, -0.15) is 0 Å². The van der Waals surface area contributed by atoms with E-state index in [1.165, 1.54) is 5.56 Å². The van der Waals surface area contributed by atoms with Crippen molar-refractivity contribution in [3.05, 3.63) is 34.9 Å². The Morgan fingerprint density at radius 1 is 1.46 bits per heavy atom. The van der Waals surface area contributed by atoms with Gasteiger partial charge in [-0.1, -0.05) is 25.1 Å². The number of hydrogen-bond acceptors (Lipinski definition) is 2. The van der Waals surface area contributed by atoms with E-state index in [0.717, 1.165) is 30.5 Å². The molecule has 0 fully saturated rings. The highest BCUT2D eigenvalue weighted by Crippen LogP contribution is 2.11. The van der Waals surface area contributed by atoms with Gasteiger partial charge in [0, 0.05) is 12.1 Å². The maximum atomic E-state index is 10.7. The largest absolute Gasteiger partial charge is 0.313 e. The van der Waals surface area contributed by atoms with Crippen molar-refractivity contribution in [3.8, 4) is 0 Å². The predicted octanol–water partition coefficient (Wildman–Crippen LogP) is 1.92. The van der Waals surface area contributed by atoms with Crippen LogP contribution < -0.4 is 5.32 Å². The summed E-state index contributed by atoms with van der Waals surface area (Å²) in [6, 6.07) is 5.79. The summed E-state index contributed by atoms with van der Waals surface area (Å²) in [4.78, 5) is 10.7. The molecule has 1 rings (SSSR count). The van der Waals surface area contributed by atoms with Crippen LogP contribution in [0.25, 0.3) is 0 Å². The van der Waals surface area contributed by atoms with Crippen LogP contribution >= 0.6 is 0 Å². The Labute approximate surface area is 79.0 Å². The Morgan fingerprint density at radius 3 is 2.85 bits per heavy atom. The number of carbonyl (C=O) groups is 1. The molecule has 70 valence electrons. The van der Waals surface area contributed by atoms with Crippen molar-refractivity contribution < 1.29 is 4.79 Å². The minimum atomic E-state index is 0.775. The number of hydrogen-bond donors (Lipinski definition) is 1. The lowest BCUT2D eigenvalue weighted by Crippen LogP contribution is -2.14. The first-order chi connectivity index (χ1) is 6.29. The second-order valence-electron chi connectivity index (χ2n) is 3.04. The van der Waals surface area contributed by atoms with Crippen LogP contribution in [0.4, 0.5) is 0 Å². The van der Waals surface area contributed by atoms with Gasteiger partial charge < -0.3 is 5.32 Å². The normalized spacial score (nSPS) is 10.0. The van der Waals surface area contributed by atoms with Crippen LogP contribution in [0, 0.1) is 6.92 Å². The van der Waals surface area contributed by atoms with Gasteiger partial charge in [0.1, 0.15) is 6.29 Å². The van der Waals surface area contributed by atoms with E-state index in [9.17, 15) is 4.79 Å². The van der Waals surface area contributed by atoms with E-state index in [-0.39, 0.29) is 0 Å². The fraction of sp³-hybridized carbons (Fsp3) is 0.364. The average Bonchev–Trinajstić information content (AvgIpc) is 2.15. The lowest BCUT2D eigenvalue weighted by molar-refractivity contribution is 0.112. The maximum absolute atomic E-state index is 10.7. The van der Waals surface area contributed by atoms with Crippen molar-refractivity contribution in [2.75, 3.05) is 6.54 Å². The minimum Gasteiger partial charge on any atom is -0.313 e. The van der Waals surface area contributed by atoms with Gasteiger partial charge in [0.25, 0.3) is 0 Å². The van der Waals surface area contributed by atoms with E-state index >= 15 is 0 Å². The van der Waals surface area contributed by atoms with Crippen LogP contribution in [0.1, 0.15) is 28.4 Å². The van der Waals surface area contributed by atoms with Gasteiger partial charge in [0.15, 0.2) is 0 Å². The zero-order valence-corrected chi connectivity index (χ0v) is 8.13. The van der Waals surface area contributed by atoms with Crippen LogP contribution in [-0.4, -0.2) is 12.8 Å². The number of aryl methyl sites for hydroxylation is 1. The summed E-state index contributed by atoms with van der Waals surface area (Å²) in [7, 11) is 0. The molecule has 0 saturated heterocycles. The Kier molecular flexibility index (Phi) is 3.65. The van der Waals surface area contributed by atoms with Gasteiger partial charge in [-0.05, 0) is 24.6 Å². The highest BCUT2D eigenvalue weighted by molar-refractivity contribution is 5.77. The summed E-state index contributed by atoms with van der Waals surface area (Å²) in [5, 5.41) is 3.22. The molecule has 0 aliphatic heterocycles. The molecular formula is C11H15NO. The van der Waals surface area contributed by atoms with Crippen molar-refractivity contribution >= 4 is 6.29 Å². The molecule has 0 amide bonds. The van der Waals surface area contributed by atoms with Crippen LogP contribution in [0.2, 0.25) is 0 Å². The third kappa shape index (κ3) is 2.39. The highest BCUT2D eigenvalue weighted by Gasteiger charge is 2.02. The summed E-state index contributed by atoms with van der Waals surface area (Å²) in [5.41, 5.74) is 3.07. The standard InChI is InChI=1S/C11H15NO/c1-3-12-7-11-9(2)5-4-6-10(11)8-13/h4-6,8,12H,3,7H2,1-2H3. The molecule has 0 radical (unpaired) electrons. The first-order valence-corrected chi connectivity index (χ1v) is 4.54. The summed E-state index contributed by atoms with van der Waals surface area (Å²) in [6.07, 6.45) is 0.916. The first kappa shape index (κ1) is 9.93. The zero-order chi connectivity index (χ0) is 9.68. The van der Waals surface area contributed by atoms with E-state index < -0.39 is 0 Å². The second kappa shape index (κ2) is 4.77. The maximum Gasteiger partial charge on any atom is 0.150 e. The van der Waals surface area contributed by atoms with Gasteiger partial charge in [0.05, 0.1) is 0 Å². The third-order valence-corrected chi connectivity index (χ3v) is 2.13. The lowest BCUT2D eigenvalue weighted by Gasteiger charge is -2.08. The fourth-order valence-electron chi connectivity index (χ4n) is 1.33. The second-order valence-corrected chi connectivity index (χ2v) is 3.04. The Balaban J connectivity index is 2.93. The smallest absolute Gasteiger partial charge is 0.150 e. The van der Waals surface area contributed by atoms with Crippen molar-refractivity contribution in [1.29, 1.82) is 0 Å². The molecule has 0 aliphatic carbocycles. The third-order valence-electron chi connectivity index (χ3n) is 2.13. The number of nitrogens with one attached hydrogen (secondary N) is 1. The molecule has 0 unspecified atom stereocenters. The highest BCUT2D eigenvalue weighted by atomic mass is 16.1. The molecule has 0 heterocycles. The van der Waals surface area contributed by atoms with E-state index in [1.54, 1.807) is 0 Å². The number of aldehydes is 1. The van der Waals surface area contributed by atoms with E-state index in [1.807, 2.05) is 25.1 Å². The van der Waals surface area contributed by atoms with E-state index in [4.69, 9.17) is 0 Å². The SMILES string of the molecule is CCNCc1c(C)cccc1C=O. The van der Waals surface area contributed by atoms with E-state index in [0.29, 0.717) is 0 Å². The number of carbonyl (C=O) groups excluding carboxylic acids is 1. The van der Waals surface area contributed by atoms with E-state index in [2.05, 4.69) is 12.2 Å². The molecule has 0 aliphatic rings. The van der Waals surface area contributed by atoms with Gasteiger partial charge >= 0.3 is 0 Å². The van der Waals surface area contributed by atoms with Crippen molar-refractivity contribution in [2.24, 2.45) is 0 Å². The summed E-state index contributed by atoms with van der Waals surface area (Å²) in [6.45, 7) is 5.78. The number of benzene rings is 1. The molecule has 13 heavy (non-hydrogen) atoms. The monoisotopic (exact) mass is 177 g/mol. The Hall–Kier alpha value is -1.15. The molecule has 0 saturated carbocycles. The molecule has 1 aromatic carbocycles. The fourth-order valence-corrected chi connectivity index (χ4v) is 1.33. The Bertz CT molecular complexity index is 294. The summed E-state index contributed by atoms with van der Waals surface area (Å²) in [5.74, 6) is 0. The quantitative estimate of drug-likeness (QED) is 0.712. The van der Waals surface area contributed by atoms with Crippen molar-refractivity contribution in [1.82, 2.24) is 5.32 Å². The lowest BCUT2D eigenvalue weighted by atomic mass is 10.0. The van der Waals surface area contributed by atoms with Crippen molar-refractivity contribution in [3.63, 3.8) is 0 Å². The molecule has 1 N–H and O–H groups in total. The van der Waals surface area contributed by atoms with Crippen LogP contribution in [0.3, 0.4) is 0 Å². The zero-order valence-electron chi connectivity index (χ0n) is 8.13. The van der Waals surface area contributed by atoms with Gasteiger partial charge in [-0.25, -0.2) is 0 Å². The molecule has 0 spiro atoms. The molecule has 0 bridgehead atoms. The van der Waals surface area contributed by atoms with Gasteiger partial charge in [-0.3, -0.25) is 4.79 Å². The van der Waals surface area contributed by atoms with Crippen LogP contribution in [0.5, 0.6) is 0 Å². The first-order valence-electron chi connectivity index (χ1n) is 4.54. The van der Waals surface area contributed by atoms with Crippen LogP contribution in [0.15, 0.2) is 18.2 Å². The number of rotatable bonds is 4. The van der Waals surface area contributed by atoms with Gasteiger partial charge in [-0.15, -0.1) is 0 Å². The topological polar surface area (TPSA) is 29.1 Å². The van der Waals surface area contributed by atoms with Gasteiger partial charge in [0.2, 0.25) is 0 Å². The van der Waals surface area contributed by atoms with Crippen LogP contribution in [-0.2, 0) is 6.54 Å². The molecule has 1 aromatic rings. The molecule has 0 atom stereocenters. The molecular weight excluding hydrogens is 162 g/mol. The van der Waals surface area contributed by atoms with Crippen molar-refractivity contribution in [2.45, 2.75) is 20.4 Å².